The molecule has 2 nitrogen and oxygen atoms in total. The fraction of sp³-hybridized carbons (Fsp3) is 0.467. The van der Waals surface area contributed by atoms with Crippen molar-refractivity contribution >= 4 is 11.6 Å². The monoisotopic (exact) mass is 264 g/mol. The molecular formula is C15H17ClO2. The Balaban J connectivity index is 1.82. The van der Waals surface area contributed by atoms with Crippen molar-refractivity contribution in [2.24, 2.45) is 5.92 Å². The number of hydrogen-bond donors (Lipinski definition) is 1. The molecule has 3 unspecified atom stereocenters. The van der Waals surface area contributed by atoms with Crippen molar-refractivity contribution < 1.29 is 9.84 Å². The van der Waals surface area contributed by atoms with E-state index < -0.39 is 6.10 Å². The fourth-order valence-corrected chi connectivity index (χ4v) is 3.07. The number of rotatable bonds is 1. The standard InChI is InChI=1S/C15H17ClO2/c16-11-6-7-14-12(8-11)13(17)9-15(18-14)10-4-2-1-3-5-10/h1-2,6-8,10,13,15,17H,3-5,9H2. The van der Waals surface area contributed by atoms with E-state index in [2.05, 4.69) is 12.2 Å². The summed E-state index contributed by atoms with van der Waals surface area (Å²) < 4.78 is 6.04. The minimum absolute atomic E-state index is 0.124. The van der Waals surface area contributed by atoms with Crippen LogP contribution >= 0.6 is 11.6 Å². The molecular weight excluding hydrogens is 248 g/mol. The number of halogens is 1. The van der Waals surface area contributed by atoms with Crippen molar-refractivity contribution in [3.8, 4) is 5.75 Å². The Kier molecular flexibility index (Phi) is 3.31. The van der Waals surface area contributed by atoms with Gasteiger partial charge in [0.15, 0.2) is 0 Å². The molecule has 18 heavy (non-hydrogen) atoms. The summed E-state index contributed by atoms with van der Waals surface area (Å²) in [6.07, 6.45) is 8.11. The predicted molar refractivity (Wildman–Crippen MR) is 71.9 cm³/mol. The maximum absolute atomic E-state index is 10.2. The van der Waals surface area contributed by atoms with Gasteiger partial charge in [0.25, 0.3) is 0 Å². The Bertz CT molecular complexity index is 470. The van der Waals surface area contributed by atoms with Gasteiger partial charge in [-0.3, -0.25) is 0 Å². The van der Waals surface area contributed by atoms with Crippen LogP contribution in [0.1, 0.15) is 37.4 Å². The first kappa shape index (κ1) is 12.1. The molecule has 1 heterocycles. The van der Waals surface area contributed by atoms with Crippen LogP contribution in [0.25, 0.3) is 0 Å². The lowest BCUT2D eigenvalue weighted by atomic mass is 9.84. The quantitative estimate of drug-likeness (QED) is 0.780. The molecule has 3 rings (SSSR count). The summed E-state index contributed by atoms with van der Waals surface area (Å²) in [6, 6.07) is 5.49. The van der Waals surface area contributed by atoms with Crippen LogP contribution in [0.2, 0.25) is 5.02 Å². The van der Waals surface area contributed by atoms with Crippen LogP contribution in [0.5, 0.6) is 5.75 Å². The highest BCUT2D eigenvalue weighted by Crippen LogP contribution is 2.40. The van der Waals surface area contributed by atoms with Crippen LogP contribution in [0.3, 0.4) is 0 Å². The average molecular weight is 265 g/mol. The molecule has 1 aliphatic carbocycles. The first-order chi connectivity index (χ1) is 8.74. The summed E-state index contributed by atoms with van der Waals surface area (Å²) in [6.45, 7) is 0. The molecule has 96 valence electrons. The summed E-state index contributed by atoms with van der Waals surface area (Å²) in [7, 11) is 0. The van der Waals surface area contributed by atoms with E-state index in [1.807, 2.05) is 12.1 Å². The Morgan fingerprint density at radius 1 is 1.28 bits per heavy atom. The van der Waals surface area contributed by atoms with Crippen LogP contribution in [0.15, 0.2) is 30.4 Å². The van der Waals surface area contributed by atoms with Crippen LogP contribution in [0.4, 0.5) is 0 Å². The molecule has 0 saturated heterocycles. The normalized spacial score (nSPS) is 30.7. The molecule has 0 amide bonds. The van der Waals surface area contributed by atoms with Gasteiger partial charge in [-0.1, -0.05) is 23.8 Å². The van der Waals surface area contributed by atoms with E-state index in [9.17, 15) is 5.11 Å². The average Bonchev–Trinajstić information content (AvgIpc) is 2.40. The van der Waals surface area contributed by atoms with Gasteiger partial charge >= 0.3 is 0 Å². The molecule has 0 radical (unpaired) electrons. The third kappa shape index (κ3) is 2.27. The molecule has 1 N–H and O–H groups in total. The zero-order valence-electron chi connectivity index (χ0n) is 10.2. The van der Waals surface area contributed by atoms with Gasteiger partial charge < -0.3 is 9.84 Å². The number of fused-ring (bicyclic) bond motifs is 1. The van der Waals surface area contributed by atoms with Crippen LogP contribution in [-0.4, -0.2) is 11.2 Å². The number of ether oxygens (including phenoxy) is 1. The molecule has 3 atom stereocenters. The van der Waals surface area contributed by atoms with Crippen molar-refractivity contribution in [2.75, 3.05) is 0 Å². The maximum atomic E-state index is 10.2. The number of benzene rings is 1. The minimum Gasteiger partial charge on any atom is -0.490 e. The van der Waals surface area contributed by atoms with E-state index in [1.54, 1.807) is 6.07 Å². The van der Waals surface area contributed by atoms with Crippen molar-refractivity contribution in [2.45, 2.75) is 37.9 Å². The summed E-state index contributed by atoms with van der Waals surface area (Å²) in [4.78, 5) is 0. The molecule has 0 fully saturated rings. The van der Waals surface area contributed by atoms with Crippen LogP contribution in [0, 0.1) is 5.92 Å². The number of aliphatic hydroxyl groups is 1. The van der Waals surface area contributed by atoms with Gasteiger partial charge in [-0.15, -0.1) is 0 Å². The van der Waals surface area contributed by atoms with Crippen molar-refractivity contribution in [1.29, 1.82) is 0 Å². The van der Waals surface area contributed by atoms with E-state index in [0.29, 0.717) is 17.4 Å². The number of allylic oxidation sites excluding steroid dienone is 2. The van der Waals surface area contributed by atoms with Gasteiger partial charge in [0.05, 0.1) is 6.10 Å². The summed E-state index contributed by atoms with van der Waals surface area (Å²) in [5, 5.41) is 10.9. The molecule has 0 aromatic heterocycles. The van der Waals surface area contributed by atoms with Gasteiger partial charge in [0, 0.05) is 17.0 Å². The van der Waals surface area contributed by atoms with E-state index in [1.165, 1.54) is 0 Å². The Morgan fingerprint density at radius 3 is 2.94 bits per heavy atom. The van der Waals surface area contributed by atoms with Crippen molar-refractivity contribution in [3.05, 3.63) is 40.9 Å². The number of aliphatic hydroxyl groups excluding tert-OH is 1. The predicted octanol–water partition coefficient (Wildman–Crippen LogP) is 3.88. The Labute approximate surface area is 112 Å². The van der Waals surface area contributed by atoms with Gasteiger partial charge in [0.2, 0.25) is 0 Å². The molecule has 3 heteroatoms. The third-order valence-corrected chi connectivity index (χ3v) is 4.14. The van der Waals surface area contributed by atoms with Gasteiger partial charge in [-0.05, 0) is 43.4 Å². The van der Waals surface area contributed by atoms with Gasteiger partial charge in [-0.25, -0.2) is 0 Å². The largest absolute Gasteiger partial charge is 0.490 e. The van der Waals surface area contributed by atoms with Gasteiger partial charge in [-0.2, -0.15) is 0 Å². The zero-order valence-corrected chi connectivity index (χ0v) is 10.9. The lowest BCUT2D eigenvalue weighted by molar-refractivity contribution is 0.0315. The van der Waals surface area contributed by atoms with E-state index in [-0.39, 0.29) is 6.10 Å². The highest BCUT2D eigenvalue weighted by molar-refractivity contribution is 6.30. The fourth-order valence-electron chi connectivity index (χ4n) is 2.89. The van der Waals surface area contributed by atoms with Crippen LogP contribution < -0.4 is 4.74 Å². The van der Waals surface area contributed by atoms with Crippen molar-refractivity contribution in [3.63, 3.8) is 0 Å². The summed E-state index contributed by atoms with van der Waals surface area (Å²) in [5.41, 5.74) is 0.824. The molecule has 1 aromatic rings. The van der Waals surface area contributed by atoms with E-state index >= 15 is 0 Å². The summed E-state index contributed by atoms with van der Waals surface area (Å²) in [5.74, 6) is 1.31. The third-order valence-electron chi connectivity index (χ3n) is 3.90. The zero-order chi connectivity index (χ0) is 12.5. The maximum Gasteiger partial charge on any atom is 0.125 e. The molecule has 1 aromatic carbocycles. The second-order valence-electron chi connectivity index (χ2n) is 5.13. The van der Waals surface area contributed by atoms with Crippen molar-refractivity contribution in [1.82, 2.24) is 0 Å². The summed E-state index contributed by atoms with van der Waals surface area (Å²) >= 11 is 5.95. The first-order valence-electron chi connectivity index (χ1n) is 6.53. The minimum atomic E-state index is -0.455. The molecule has 1 aliphatic heterocycles. The highest BCUT2D eigenvalue weighted by Gasteiger charge is 2.32. The molecule has 0 spiro atoms. The van der Waals surface area contributed by atoms with Gasteiger partial charge in [0.1, 0.15) is 11.9 Å². The SMILES string of the molecule is OC1CC(C2CC=CCC2)Oc2ccc(Cl)cc21. The Morgan fingerprint density at radius 2 is 2.17 bits per heavy atom. The Hall–Kier alpha value is -0.990. The topological polar surface area (TPSA) is 29.5 Å². The number of hydrogen-bond acceptors (Lipinski definition) is 2. The molecule has 2 aliphatic rings. The lowest BCUT2D eigenvalue weighted by Gasteiger charge is -2.35. The van der Waals surface area contributed by atoms with Crippen LogP contribution in [-0.2, 0) is 0 Å². The smallest absolute Gasteiger partial charge is 0.125 e. The molecule has 0 bridgehead atoms. The van der Waals surface area contributed by atoms with E-state index in [0.717, 1.165) is 30.6 Å². The van der Waals surface area contributed by atoms with E-state index in [4.69, 9.17) is 16.3 Å². The first-order valence-corrected chi connectivity index (χ1v) is 6.91. The molecule has 0 saturated carbocycles. The lowest BCUT2D eigenvalue weighted by Crippen LogP contribution is -2.33. The highest BCUT2D eigenvalue weighted by atomic mass is 35.5. The second kappa shape index (κ2) is 4.94. The second-order valence-corrected chi connectivity index (χ2v) is 5.57.